The van der Waals surface area contributed by atoms with Gasteiger partial charge < -0.3 is 27.0 Å². The molecule has 1 aliphatic heterocycles. The van der Waals surface area contributed by atoms with Crippen LogP contribution in [0.1, 0.15) is 18.4 Å². The standard InChI is InChI=1S/C12H16N2O3.C2HF3N2.C2H5NO2/c13-11(15)7-6-10(12(16)17)14-8-9-4-2-1-3-5-9;3-2(4,5)1-6-7-1;3-1-2(4)5/h1-5,10,14H,6-8H2,(H2,13,15)(H,16,17);(H,6,7);1,3H2,(H,4,5)/t10-;;/m0../s1. The van der Waals surface area contributed by atoms with Gasteiger partial charge in [0.05, 0.1) is 6.54 Å². The first-order valence-electron chi connectivity index (χ1n) is 8.08. The number of alkyl halides is 3. The van der Waals surface area contributed by atoms with Gasteiger partial charge in [-0.2, -0.15) is 13.2 Å². The summed E-state index contributed by atoms with van der Waals surface area (Å²) in [4.78, 5) is 30.8. The lowest BCUT2D eigenvalue weighted by atomic mass is 10.1. The number of nitrogens with zero attached hydrogens (tertiary/aromatic N) is 1. The molecule has 0 saturated heterocycles. The number of carbonyl (C=O) groups is 3. The van der Waals surface area contributed by atoms with E-state index in [-0.39, 0.29) is 19.4 Å². The molecule has 162 valence electrons. The summed E-state index contributed by atoms with van der Waals surface area (Å²) < 4.78 is 33.1. The molecule has 1 atom stereocenters. The average Bonchev–Trinajstić information content (AvgIpc) is 3.48. The van der Waals surface area contributed by atoms with Crippen molar-refractivity contribution in [1.29, 1.82) is 0 Å². The number of nitrogens with two attached hydrogens (primary N) is 2. The van der Waals surface area contributed by atoms with Crippen molar-refractivity contribution in [2.75, 3.05) is 6.54 Å². The molecule has 0 fully saturated rings. The number of carboxylic acid groups (broad SMARTS) is 2. The molecular formula is C16H22F3N5O5. The second-order valence-electron chi connectivity index (χ2n) is 5.43. The van der Waals surface area contributed by atoms with E-state index in [9.17, 15) is 27.6 Å². The summed E-state index contributed by atoms with van der Waals surface area (Å²) in [6.45, 7) is 0.177. The quantitative estimate of drug-likeness (QED) is 0.338. The number of carbonyl (C=O) groups excluding carboxylic acids is 1. The molecule has 1 heterocycles. The second kappa shape index (κ2) is 13.1. The molecule has 0 unspecified atom stereocenters. The molecule has 0 aliphatic carbocycles. The van der Waals surface area contributed by atoms with Crippen molar-refractivity contribution in [1.82, 2.24) is 10.7 Å². The second-order valence-corrected chi connectivity index (χ2v) is 5.43. The molecule has 0 aromatic heterocycles. The minimum atomic E-state index is -4.25. The number of nitrogens with one attached hydrogen (secondary N) is 2. The van der Waals surface area contributed by atoms with E-state index in [1.807, 2.05) is 30.3 Å². The van der Waals surface area contributed by atoms with Crippen molar-refractivity contribution in [3.63, 3.8) is 0 Å². The van der Waals surface area contributed by atoms with Crippen LogP contribution in [0.25, 0.3) is 0 Å². The van der Waals surface area contributed by atoms with Crippen LogP contribution < -0.4 is 22.2 Å². The maximum atomic E-state index is 11.0. The summed E-state index contributed by atoms with van der Waals surface area (Å²) in [7, 11) is 0. The van der Waals surface area contributed by atoms with Crippen molar-refractivity contribution in [3.05, 3.63) is 35.9 Å². The Kier molecular flexibility index (Phi) is 11.6. The van der Waals surface area contributed by atoms with Crippen LogP contribution in [-0.2, 0) is 20.9 Å². The van der Waals surface area contributed by atoms with Gasteiger partial charge in [-0.1, -0.05) is 30.3 Å². The van der Waals surface area contributed by atoms with Crippen LogP contribution in [0.4, 0.5) is 13.2 Å². The molecule has 1 aliphatic rings. The number of halogens is 3. The van der Waals surface area contributed by atoms with Gasteiger partial charge in [0.25, 0.3) is 0 Å². The summed E-state index contributed by atoms with van der Waals surface area (Å²) in [5.74, 6) is -3.31. The number of hydrogen-bond acceptors (Lipinski definition) is 7. The highest BCUT2D eigenvalue weighted by Crippen LogP contribution is 2.19. The molecule has 2 rings (SSSR count). The predicted molar refractivity (Wildman–Crippen MR) is 96.4 cm³/mol. The zero-order valence-corrected chi connectivity index (χ0v) is 15.1. The van der Waals surface area contributed by atoms with Crippen molar-refractivity contribution >= 4 is 23.7 Å². The van der Waals surface area contributed by atoms with Gasteiger partial charge in [-0.15, -0.1) is 5.10 Å². The Morgan fingerprint density at radius 3 is 2.00 bits per heavy atom. The molecule has 29 heavy (non-hydrogen) atoms. The van der Waals surface area contributed by atoms with Crippen LogP contribution in [0.2, 0.25) is 0 Å². The Morgan fingerprint density at radius 2 is 1.69 bits per heavy atom. The average molecular weight is 421 g/mol. The molecule has 0 spiro atoms. The lowest BCUT2D eigenvalue weighted by Crippen LogP contribution is -2.37. The van der Waals surface area contributed by atoms with Gasteiger partial charge in [-0.05, 0) is 12.0 Å². The SMILES string of the molecule is FC(F)(F)C1=NN1.NC(=O)CC[C@H](NCc1ccccc1)C(=O)O.NCC(=O)O. The van der Waals surface area contributed by atoms with E-state index >= 15 is 0 Å². The van der Waals surface area contributed by atoms with Gasteiger partial charge in [0, 0.05) is 13.0 Å². The molecule has 0 radical (unpaired) electrons. The maximum Gasteiger partial charge on any atom is 0.452 e. The Balaban J connectivity index is 0.000000532. The summed E-state index contributed by atoms with van der Waals surface area (Å²) in [5.41, 5.74) is 12.2. The number of hydrazone groups is 1. The molecule has 1 aromatic carbocycles. The fourth-order valence-corrected chi connectivity index (χ4v) is 1.59. The van der Waals surface area contributed by atoms with E-state index in [0.717, 1.165) is 5.56 Å². The number of amides is 1. The third kappa shape index (κ3) is 14.5. The molecule has 0 saturated carbocycles. The number of carboxylic acids is 2. The fourth-order valence-electron chi connectivity index (χ4n) is 1.59. The largest absolute Gasteiger partial charge is 0.480 e. The van der Waals surface area contributed by atoms with Crippen LogP contribution in [0.5, 0.6) is 0 Å². The number of amidine groups is 1. The van der Waals surface area contributed by atoms with E-state index in [2.05, 4.69) is 16.2 Å². The van der Waals surface area contributed by atoms with E-state index in [1.54, 1.807) is 5.43 Å². The maximum absolute atomic E-state index is 11.0. The molecule has 1 aromatic rings. The minimum absolute atomic E-state index is 0.0682. The van der Waals surface area contributed by atoms with Gasteiger partial charge >= 0.3 is 18.1 Å². The highest BCUT2D eigenvalue weighted by Gasteiger charge is 2.42. The van der Waals surface area contributed by atoms with Crippen molar-refractivity contribution in [3.8, 4) is 0 Å². The Labute approximate surface area is 163 Å². The number of rotatable bonds is 8. The van der Waals surface area contributed by atoms with Gasteiger partial charge in [-0.3, -0.25) is 19.8 Å². The van der Waals surface area contributed by atoms with Gasteiger partial charge in [0.1, 0.15) is 6.04 Å². The molecular weight excluding hydrogens is 399 g/mol. The van der Waals surface area contributed by atoms with Crippen molar-refractivity contribution < 1.29 is 37.8 Å². The van der Waals surface area contributed by atoms with Crippen molar-refractivity contribution in [2.45, 2.75) is 31.6 Å². The van der Waals surface area contributed by atoms with Crippen molar-refractivity contribution in [2.24, 2.45) is 16.6 Å². The first-order chi connectivity index (χ1) is 13.5. The molecule has 1 amide bonds. The summed E-state index contributed by atoms with van der Waals surface area (Å²) in [5, 5.41) is 22.1. The van der Waals surface area contributed by atoms with Gasteiger partial charge in [0.2, 0.25) is 11.7 Å². The molecule has 0 bridgehead atoms. The molecule has 10 nitrogen and oxygen atoms in total. The van der Waals surface area contributed by atoms with E-state index in [0.29, 0.717) is 6.54 Å². The van der Waals surface area contributed by atoms with Gasteiger partial charge in [0.15, 0.2) is 0 Å². The van der Waals surface area contributed by atoms with Crippen LogP contribution in [0.3, 0.4) is 0 Å². The number of benzene rings is 1. The molecule has 13 heteroatoms. The minimum Gasteiger partial charge on any atom is -0.480 e. The predicted octanol–water partition coefficient (Wildman–Crippen LogP) is -0.01000. The Morgan fingerprint density at radius 1 is 1.17 bits per heavy atom. The lowest BCUT2D eigenvalue weighted by Gasteiger charge is -2.13. The highest BCUT2D eigenvalue weighted by molar-refractivity contribution is 5.95. The van der Waals surface area contributed by atoms with Crippen LogP contribution in [0, 0.1) is 0 Å². The normalized spacial score (nSPS) is 12.6. The highest BCUT2D eigenvalue weighted by atomic mass is 19.4. The first-order valence-corrected chi connectivity index (χ1v) is 8.08. The zero-order valence-electron chi connectivity index (χ0n) is 15.1. The summed E-state index contributed by atoms with van der Waals surface area (Å²) >= 11 is 0. The van der Waals surface area contributed by atoms with Crippen LogP contribution in [-0.4, -0.2) is 52.7 Å². The number of aliphatic carboxylic acids is 2. The Bertz CT molecular complexity index is 698. The number of primary amides is 1. The van der Waals surface area contributed by atoms with E-state index in [4.69, 9.17) is 15.9 Å². The van der Waals surface area contributed by atoms with E-state index in [1.165, 1.54) is 0 Å². The lowest BCUT2D eigenvalue weighted by molar-refractivity contribution is -0.140. The first kappa shape index (κ1) is 25.8. The fraction of sp³-hybridized carbons (Fsp3) is 0.375. The van der Waals surface area contributed by atoms with E-state index < -0.39 is 35.9 Å². The van der Waals surface area contributed by atoms with Crippen LogP contribution in [0.15, 0.2) is 35.4 Å². The van der Waals surface area contributed by atoms with Crippen LogP contribution >= 0.6 is 0 Å². The monoisotopic (exact) mass is 421 g/mol. The third-order valence-corrected chi connectivity index (χ3v) is 3.04. The molecule has 8 N–H and O–H groups in total. The third-order valence-electron chi connectivity index (χ3n) is 3.04. The summed E-state index contributed by atoms with van der Waals surface area (Å²) in [6.07, 6.45) is -3.98. The summed E-state index contributed by atoms with van der Waals surface area (Å²) in [6, 6.07) is 8.72. The zero-order chi connectivity index (χ0) is 22.4. The van der Waals surface area contributed by atoms with Gasteiger partial charge in [-0.25, -0.2) is 0 Å². The smallest absolute Gasteiger partial charge is 0.452 e. The number of hydrogen-bond donors (Lipinski definition) is 6. The topological polar surface area (TPSA) is 190 Å². The Hall–Kier alpha value is -3.19.